The van der Waals surface area contributed by atoms with Gasteiger partial charge in [-0.05, 0) is 43.2 Å². The normalized spacial score (nSPS) is 11.8. The molecule has 3 rings (SSSR count). The number of nitrogens with zero attached hydrogens (tertiary/aromatic N) is 1. The van der Waals surface area contributed by atoms with Gasteiger partial charge in [-0.2, -0.15) is 0 Å². The van der Waals surface area contributed by atoms with Crippen LogP contribution in [0.2, 0.25) is 0 Å². The van der Waals surface area contributed by atoms with Crippen LogP contribution in [-0.4, -0.2) is 13.0 Å². The van der Waals surface area contributed by atoms with Crippen molar-refractivity contribution in [2.45, 2.75) is 18.7 Å². The Hall–Kier alpha value is -2.61. The molecule has 1 aromatic heterocycles. The van der Waals surface area contributed by atoms with Crippen LogP contribution in [0.15, 0.2) is 44.4 Å². The van der Waals surface area contributed by atoms with Crippen molar-refractivity contribution in [3.8, 4) is 0 Å². The van der Waals surface area contributed by atoms with Crippen LogP contribution in [-0.2, 0) is 17.1 Å². The topological polar surface area (TPSA) is 81.3 Å². The van der Waals surface area contributed by atoms with Gasteiger partial charge in [0.1, 0.15) is 10.7 Å². The molecule has 1 heterocycles. The van der Waals surface area contributed by atoms with Gasteiger partial charge in [0.2, 0.25) is 0 Å². The average molecular weight is 350 g/mol. The highest BCUT2D eigenvalue weighted by atomic mass is 32.2. The van der Waals surface area contributed by atoms with Gasteiger partial charge in [-0.1, -0.05) is 6.07 Å². The molecule has 0 bridgehead atoms. The van der Waals surface area contributed by atoms with Crippen molar-refractivity contribution in [1.82, 2.24) is 4.57 Å². The number of hydrogen-bond acceptors (Lipinski definition) is 4. The van der Waals surface area contributed by atoms with Crippen LogP contribution in [0.1, 0.15) is 11.1 Å². The molecular weight excluding hydrogens is 335 g/mol. The zero-order valence-corrected chi connectivity index (χ0v) is 14.1. The number of halogens is 1. The van der Waals surface area contributed by atoms with Crippen molar-refractivity contribution in [1.29, 1.82) is 0 Å². The van der Waals surface area contributed by atoms with E-state index in [1.165, 1.54) is 7.05 Å². The largest absolute Gasteiger partial charge is 0.419 e. The second-order valence-corrected chi connectivity index (χ2v) is 7.31. The third-order valence-corrected chi connectivity index (χ3v) is 5.01. The maximum absolute atomic E-state index is 14.2. The summed E-state index contributed by atoms with van der Waals surface area (Å²) in [5.41, 5.74) is 2.28. The lowest BCUT2D eigenvalue weighted by atomic mass is 10.1. The van der Waals surface area contributed by atoms with Gasteiger partial charge >= 0.3 is 5.76 Å². The summed E-state index contributed by atoms with van der Waals surface area (Å²) in [4.78, 5) is 10.9. The Bertz CT molecular complexity index is 1090. The number of nitrogens with one attached hydrogen (secondary N) is 1. The number of sulfonamides is 1. The Balaban J connectivity index is 2.12. The highest BCUT2D eigenvalue weighted by Crippen LogP contribution is 2.25. The number of benzene rings is 2. The van der Waals surface area contributed by atoms with Crippen molar-refractivity contribution >= 4 is 26.8 Å². The molecule has 0 saturated carbocycles. The van der Waals surface area contributed by atoms with E-state index in [1.54, 1.807) is 12.1 Å². The fourth-order valence-electron chi connectivity index (χ4n) is 2.58. The number of aromatic nitrogens is 1. The van der Waals surface area contributed by atoms with Crippen LogP contribution >= 0.6 is 0 Å². The SMILES string of the molecule is Cc1cc(C)cc(NS(=O)(=O)c2cc3c(cc2F)oc(=O)n3C)c1. The van der Waals surface area contributed by atoms with Crippen molar-refractivity contribution in [2.24, 2.45) is 7.05 Å². The van der Waals surface area contributed by atoms with E-state index in [0.717, 1.165) is 27.8 Å². The molecule has 2 aromatic carbocycles. The van der Waals surface area contributed by atoms with E-state index in [0.29, 0.717) is 5.69 Å². The molecule has 8 heteroatoms. The summed E-state index contributed by atoms with van der Waals surface area (Å²) in [7, 11) is -2.74. The lowest BCUT2D eigenvalue weighted by Crippen LogP contribution is -2.15. The van der Waals surface area contributed by atoms with Crippen LogP contribution in [0.4, 0.5) is 10.1 Å². The molecule has 0 radical (unpaired) electrons. The van der Waals surface area contributed by atoms with E-state index in [4.69, 9.17) is 4.42 Å². The minimum atomic E-state index is -4.16. The Morgan fingerprint density at radius 3 is 2.33 bits per heavy atom. The number of oxazole rings is 1. The van der Waals surface area contributed by atoms with Crippen molar-refractivity contribution in [3.63, 3.8) is 0 Å². The molecule has 0 fully saturated rings. The summed E-state index contributed by atoms with van der Waals surface area (Å²) in [5, 5.41) is 0. The fraction of sp³-hybridized carbons (Fsp3) is 0.188. The minimum Gasteiger partial charge on any atom is -0.408 e. The summed E-state index contributed by atoms with van der Waals surface area (Å²) < 4.78 is 47.6. The molecule has 1 N–H and O–H groups in total. The molecule has 0 spiro atoms. The van der Waals surface area contributed by atoms with Crippen LogP contribution < -0.4 is 10.5 Å². The first kappa shape index (κ1) is 16.3. The summed E-state index contributed by atoms with van der Waals surface area (Å²) in [6.07, 6.45) is 0. The van der Waals surface area contributed by atoms with E-state index < -0.39 is 26.5 Å². The summed E-state index contributed by atoms with van der Waals surface area (Å²) in [6, 6.07) is 7.17. The van der Waals surface area contributed by atoms with Crippen molar-refractivity contribution in [2.75, 3.05) is 4.72 Å². The summed E-state index contributed by atoms with van der Waals surface area (Å²) >= 11 is 0. The monoisotopic (exact) mass is 350 g/mol. The Morgan fingerprint density at radius 1 is 1.08 bits per heavy atom. The standard InChI is InChI=1S/C16H15FN2O4S/c1-9-4-10(2)6-11(5-9)18-24(21,22)15-8-13-14(7-12(15)17)23-16(20)19(13)3/h4-8,18H,1-3H3. The van der Waals surface area contributed by atoms with Crippen LogP contribution in [0.5, 0.6) is 0 Å². The maximum Gasteiger partial charge on any atom is 0.419 e. The van der Waals surface area contributed by atoms with Gasteiger partial charge in [-0.3, -0.25) is 9.29 Å². The molecule has 0 atom stereocenters. The van der Waals surface area contributed by atoms with Gasteiger partial charge in [-0.25, -0.2) is 17.6 Å². The smallest absolute Gasteiger partial charge is 0.408 e. The van der Waals surface area contributed by atoms with E-state index in [9.17, 15) is 17.6 Å². The zero-order valence-electron chi connectivity index (χ0n) is 13.3. The Labute approximate surface area is 137 Å². The highest BCUT2D eigenvalue weighted by Gasteiger charge is 2.22. The van der Waals surface area contributed by atoms with Gasteiger partial charge in [0, 0.05) is 18.8 Å². The third kappa shape index (κ3) is 2.80. The quantitative estimate of drug-likeness (QED) is 0.787. The lowest BCUT2D eigenvalue weighted by Gasteiger charge is -2.10. The van der Waals surface area contributed by atoms with Gasteiger partial charge < -0.3 is 4.42 Å². The number of anilines is 1. The number of aryl methyl sites for hydroxylation is 3. The molecule has 0 aliphatic heterocycles. The average Bonchev–Trinajstić information content (AvgIpc) is 2.70. The first-order chi connectivity index (χ1) is 11.2. The minimum absolute atomic E-state index is 0.00894. The summed E-state index contributed by atoms with van der Waals surface area (Å²) in [6.45, 7) is 3.66. The van der Waals surface area contributed by atoms with Crippen LogP contribution in [0.25, 0.3) is 11.1 Å². The maximum atomic E-state index is 14.2. The van der Waals surface area contributed by atoms with Crippen LogP contribution in [0, 0.1) is 19.7 Å². The van der Waals surface area contributed by atoms with Crippen molar-refractivity contribution in [3.05, 3.63) is 57.8 Å². The zero-order chi connectivity index (χ0) is 17.6. The molecule has 0 amide bonds. The summed E-state index contributed by atoms with van der Waals surface area (Å²) in [5.74, 6) is -1.69. The second-order valence-electron chi connectivity index (χ2n) is 5.66. The molecule has 6 nitrogen and oxygen atoms in total. The second kappa shape index (κ2) is 5.48. The first-order valence-corrected chi connectivity index (χ1v) is 8.56. The fourth-order valence-corrected chi connectivity index (χ4v) is 3.70. The van der Waals surface area contributed by atoms with E-state index in [2.05, 4.69) is 4.72 Å². The number of rotatable bonds is 3. The molecular formula is C16H15FN2O4S. The van der Waals surface area contributed by atoms with E-state index in [-0.39, 0.29) is 11.1 Å². The predicted molar refractivity (Wildman–Crippen MR) is 88.1 cm³/mol. The van der Waals surface area contributed by atoms with Gasteiger partial charge in [-0.15, -0.1) is 0 Å². The third-order valence-electron chi connectivity index (χ3n) is 3.61. The molecule has 0 unspecified atom stereocenters. The molecule has 3 aromatic rings. The first-order valence-electron chi connectivity index (χ1n) is 7.07. The predicted octanol–water partition coefficient (Wildman–Crippen LogP) is 2.69. The van der Waals surface area contributed by atoms with E-state index >= 15 is 0 Å². The molecule has 24 heavy (non-hydrogen) atoms. The Morgan fingerprint density at radius 2 is 1.71 bits per heavy atom. The Kier molecular flexibility index (Phi) is 3.71. The molecule has 0 aliphatic carbocycles. The molecule has 126 valence electrons. The number of hydrogen-bond donors (Lipinski definition) is 1. The molecule has 0 aliphatic rings. The van der Waals surface area contributed by atoms with Crippen LogP contribution in [0.3, 0.4) is 0 Å². The van der Waals surface area contributed by atoms with Gasteiger partial charge in [0.15, 0.2) is 5.58 Å². The van der Waals surface area contributed by atoms with E-state index in [1.807, 2.05) is 19.9 Å². The van der Waals surface area contributed by atoms with Gasteiger partial charge in [0.25, 0.3) is 10.0 Å². The lowest BCUT2D eigenvalue weighted by molar-refractivity contribution is 0.524. The number of fused-ring (bicyclic) bond motifs is 1. The van der Waals surface area contributed by atoms with Gasteiger partial charge in [0.05, 0.1) is 5.52 Å². The van der Waals surface area contributed by atoms with Crippen molar-refractivity contribution < 1.29 is 17.2 Å². The molecule has 0 saturated heterocycles. The highest BCUT2D eigenvalue weighted by molar-refractivity contribution is 7.92.